The molecule has 0 bridgehead atoms. The molecule has 1 aliphatic rings. The second-order valence-corrected chi connectivity index (χ2v) is 8.10. The van der Waals surface area contributed by atoms with E-state index in [-0.39, 0.29) is 5.78 Å². The Morgan fingerprint density at radius 2 is 2.04 bits per heavy atom. The zero-order valence-electron chi connectivity index (χ0n) is 16.0. The van der Waals surface area contributed by atoms with E-state index in [1.807, 2.05) is 23.5 Å². The van der Waals surface area contributed by atoms with E-state index in [4.69, 9.17) is 0 Å². The molecule has 144 valence electrons. The van der Waals surface area contributed by atoms with Crippen molar-refractivity contribution >= 4 is 22.9 Å². The third-order valence-electron chi connectivity index (χ3n) is 5.14. The first kappa shape index (κ1) is 18.8. The zero-order valence-corrected chi connectivity index (χ0v) is 16.9. The molecule has 1 aliphatic heterocycles. The van der Waals surface area contributed by atoms with Crippen molar-refractivity contribution in [2.75, 3.05) is 31.1 Å². The van der Waals surface area contributed by atoms with E-state index in [0.29, 0.717) is 11.3 Å². The molecule has 4 rings (SSSR count). The highest BCUT2D eigenvalue weighted by Gasteiger charge is 2.18. The summed E-state index contributed by atoms with van der Waals surface area (Å²) in [6.45, 7) is 7.16. The number of anilines is 1. The number of aryl methyl sites for hydroxylation is 1. The molecule has 3 aromatic heterocycles. The first-order chi connectivity index (χ1) is 13.7. The van der Waals surface area contributed by atoms with Gasteiger partial charge in [0, 0.05) is 55.6 Å². The Morgan fingerprint density at radius 1 is 1.11 bits per heavy atom. The molecule has 0 amide bonds. The van der Waals surface area contributed by atoms with Crippen LogP contribution in [0.15, 0.2) is 54.2 Å². The maximum Gasteiger partial charge on any atom is 0.212 e. The first-order valence-electron chi connectivity index (χ1n) is 9.63. The Balaban J connectivity index is 1.44. The average Bonchev–Trinajstić information content (AvgIpc) is 3.00. The van der Waals surface area contributed by atoms with Crippen molar-refractivity contribution in [1.29, 1.82) is 0 Å². The Labute approximate surface area is 169 Å². The number of hydrogen-bond acceptors (Lipinski definition) is 6. The predicted octanol–water partition coefficient (Wildman–Crippen LogP) is 3.79. The molecule has 0 aromatic carbocycles. The lowest BCUT2D eigenvalue weighted by Gasteiger charge is -2.23. The summed E-state index contributed by atoms with van der Waals surface area (Å²) in [7, 11) is 0. The van der Waals surface area contributed by atoms with Crippen LogP contribution in [-0.4, -0.2) is 46.8 Å². The third-order valence-corrected chi connectivity index (χ3v) is 6.15. The van der Waals surface area contributed by atoms with E-state index in [0.717, 1.165) is 45.0 Å². The summed E-state index contributed by atoms with van der Waals surface area (Å²) in [5.74, 6) is 0.795. The highest BCUT2D eigenvalue weighted by Crippen LogP contribution is 2.20. The van der Waals surface area contributed by atoms with Crippen molar-refractivity contribution in [3.05, 3.63) is 75.9 Å². The molecule has 0 unspecified atom stereocenters. The monoisotopic (exact) mass is 392 g/mol. The number of carbonyl (C=O) groups is 1. The number of nitrogens with zero attached hydrogens (tertiary/aromatic N) is 4. The minimum absolute atomic E-state index is 0.0837. The molecule has 0 N–H and O–H groups in total. The maximum absolute atomic E-state index is 12.7. The lowest BCUT2D eigenvalue weighted by Crippen LogP contribution is -2.31. The van der Waals surface area contributed by atoms with Gasteiger partial charge in [0.15, 0.2) is 0 Å². The fourth-order valence-electron chi connectivity index (χ4n) is 3.50. The summed E-state index contributed by atoms with van der Waals surface area (Å²) >= 11 is 1.84. The van der Waals surface area contributed by atoms with Crippen LogP contribution in [0.3, 0.4) is 0 Å². The Kier molecular flexibility index (Phi) is 5.78. The molecule has 1 fully saturated rings. The molecule has 4 heterocycles. The van der Waals surface area contributed by atoms with Gasteiger partial charge in [-0.05, 0) is 54.6 Å². The van der Waals surface area contributed by atoms with Crippen LogP contribution < -0.4 is 4.90 Å². The molecule has 28 heavy (non-hydrogen) atoms. The predicted molar refractivity (Wildman–Crippen MR) is 113 cm³/mol. The minimum atomic E-state index is -0.0837. The first-order valence-corrected chi connectivity index (χ1v) is 10.5. The van der Waals surface area contributed by atoms with Crippen LogP contribution in [0.1, 0.15) is 32.9 Å². The fourth-order valence-corrected chi connectivity index (χ4v) is 4.45. The quantitative estimate of drug-likeness (QED) is 0.619. The van der Waals surface area contributed by atoms with Gasteiger partial charge in [-0.15, -0.1) is 11.3 Å². The summed E-state index contributed by atoms with van der Waals surface area (Å²) in [4.78, 5) is 27.6. The maximum atomic E-state index is 12.7. The SMILES string of the molecule is Cc1ccsc1CN1CCCN(c2cccc(C(=O)c3cccnc3)n2)CC1. The molecular formula is C22H24N4OS. The van der Waals surface area contributed by atoms with E-state index in [1.54, 1.807) is 30.6 Å². The van der Waals surface area contributed by atoms with Gasteiger partial charge in [-0.25, -0.2) is 4.98 Å². The number of carbonyl (C=O) groups excluding carboxylic acids is 1. The van der Waals surface area contributed by atoms with E-state index in [2.05, 4.69) is 38.1 Å². The molecule has 0 aliphatic carbocycles. The van der Waals surface area contributed by atoms with Crippen molar-refractivity contribution in [1.82, 2.24) is 14.9 Å². The summed E-state index contributed by atoms with van der Waals surface area (Å²) in [6, 6.07) is 11.4. The number of rotatable bonds is 5. The molecule has 0 spiro atoms. The van der Waals surface area contributed by atoms with Gasteiger partial charge in [-0.1, -0.05) is 6.07 Å². The molecule has 0 radical (unpaired) electrons. The van der Waals surface area contributed by atoms with Crippen LogP contribution in [0.2, 0.25) is 0 Å². The highest BCUT2D eigenvalue weighted by molar-refractivity contribution is 7.10. The highest BCUT2D eigenvalue weighted by atomic mass is 32.1. The number of aromatic nitrogens is 2. The van der Waals surface area contributed by atoms with E-state index in [9.17, 15) is 4.79 Å². The number of ketones is 1. The van der Waals surface area contributed by atoms with Crippen molar-refractivity contribution in [2.24, 2.45) is 0 Å². The number of hydrogen-bond donors (Lipinski definition) is 0. The lowest BCUT2D eigenvalue weighted by molar-refractivity contribution is 0.103. The summed E-state index contributed by atoms with van der Waals surface area (Å²) in [5.41, 5.74) is 2.43. The van der Waals surface area contributed by atoms with Crippen LogP contribution >= 0.6 is 11.3 Å². The van der Waals surface area contributed by atoms with Crippen LogP contribution in [0, 0.1) is 6.92 Å². The van der Waals surface area contributed by atoms with Gasteiger partial charge >= 0.3 is 0 Å². The summed E-state index contributed by atoms with van der Waals surface area (Å²) in [6.07, 6.45) is 4.35. The topological polar surface area (TPSA) is 49.3 Å². The van der Waals surface area contributed by atoms with Crippen LogP contribution in [0.25, 0.3) is 0 Å². The second kappa shape index (κ2) is 8.63. The number of pyridine rings is 2. The number of thiophene rings is 1. The third kappa shape index (κ3) is 4.29. The van der Waals surface area contributed by atoms with Crippen molar-refractivity contribution in [3.63, 3.8) is 0 Å². The van der Waals surface area contributed by atoms with Gasteiger partial charge < -0.3 is 4.90 Å². The van der Waals surface area contributed by atoms with E-state index in [1.165, 1.54) is 10.4 Å². The molecule has 6 heteroatoms. The van der Waals surface area contributed by atoms with Gasteiger partial charge in [-0.2, -0.15) is 0 Å². The molecule has 0 atom stereocenters. The zero-order chi connectivity index (χ0) is 19.3. The Hall–Kier alpha value is -2.57. The Morgan fingerprint density at radius 3 is 2.82 bits per heavy atom. The summed E-state index contributed by atoms with van der Waals surface area (Å²) < 4.78 is 0. The van der Waals surface area contributed by atoms with Crippen molar-refractivity contribution < 1.29 is 4.79 Å². The molecule has 0 saturated carbocycles. The van der Waals surface area contributed by atoms with Crippen LogP contribution in [0.5, 0.6) is 0 Å². The Bertz CT molecular complexity index is 940. The van der Waals surface area contributed by atoms with Gasteiger partial charge in [-0.3, -0.25) is 14.7 Å². The second-order valence-electron chi connectivity index (χ2n) is 7.10. The van der Waals surface area contributed by atoms with Gasteiger partial charge in [0.1, 0.15) is 11.5 Å². The minimum Gasteiger partial charge on any atom is -0.355 e. The van der Waals surface area contributed by atoms with E-state index >= 15 is 0 Å². The lowest BCUT2D eigenvalue weighted by atomic mass is 10.1. The molecular weight excluding hydrogens is 368 g/mol. The fraction of sp³-hybridized carbons (Fsp3) is 0.318. The molecule has 5 nitrogen and oxygen atoms in total. The van der Waals surface area contributed by atoms with Gasteiger partial charge in [0.2, 0.25) is 5.78 Å². The van der Waals surface area contributed by atoms with Crippen LogP contribution in [-0.2, 0) is 6.54 Å². The molecule has 1 saturated heterocycles. The van der Waals surface area contributed by atoms with E-state index < -0.39 is 0 Å². The van der Waals surface area contributed by atoms with Crippen LogP contribution in [0.4, 0.5) is 5.82 Å². The smallest absolute Gasteiger partial charge is 0.212 e. The molecule has 3 aromatic rings. The normalized spacial score (nSPS) is 15.4. The standard InChI is InChI=1S/C22H24N4OS/c1-17-8-14-28-20(17)16-25-10-4-11-26(13-12-25)21-7-2-6-19(24-21)22(27)18-5-3-9-23-15-18/h2-3,5-9,14-15H,4,10-13,16H2,1H3. The van der Waals surface area contributed by atoms with Crippen molar-refractivity contribution in [2.45, 2.75) is 19.9 Å². The summed E-state index contributed by atoms with van der Waals surface area (Å²) in [5, 5.41) is 2.17. The van der Waals surface area contributed by atoms with Gasteiger partial charge in [0.25, 0.3) is 0 Å². The average molecular weight is 393 g/mol. The van der Waals surface area contributed by atoms with Gasteiger partial charge in [0.05, 0.1) is 0 Å². The van der Waals surface area contributed by atoms with Crippen molar-refractivity contribution in [3.8, 4) is 0 Å². The largest absolute Gasteiger partial charge is 0.355 e.